The lowest BCUT2D eigenvalue weighted by Gasteiger charge is -2.31. The number of aromatic nitrogens is 2. The second-order valence-corrected chi connectivity index (χ2v) is 7.37. The monoisotopic (exact) mass is 391 g/mol. The molecule has 1 saturated heterocycles. The molecule has 3 aromatic rings. The maximum absolute atomic E-state index is 12.9. The zero-order valence-corrected chi connectivity index (χ0v) is 16.8. The molecular formula is C23H25N3O3. The average molecular weight is 391 g/mol. The van der Waals surface area contributed by atoms with E-state index in [9.17, 15) is 4.79 Å². The third-order valence-corrected chi connectivity index (χ3v) is 5.22. The highest BCUT2D eigenvalue weighted by Gasteiger charge is 2.29. The summed E-state index contributed by atoms with van der Waals surface area (Å²) in [5.74, 6) is 2.05. The maximum atomic E-state index is 12.9. The molecule has 1 atom stereocenters. The van der Waals surface area contributed by atoms with E-state index in [1.54, 1.807) is 0 Å². The van der Waals surface area contributed by atoms with Crippen molar-refractivity contribution < 1.29 is 14.1 Å². The van der Waals surface area contributed by atoms with Gasteiger partial charge in [0.1, 0.15) is 5.75 Å². The van der Waals surface area contributed by atoms with Gasteiger partial charge in [0.15, 0.2) is 0 Å². The number of hydrogen-bond donors (Lipinski definition) is 0. The van der Waals surface area contributed by atoms with Gasteiger partial charge in [0, 0.05) is 24.2 Å². The van der Waals surface area contributed by atoms with Crippen molar-refractivity contribution in [2.24, 2.45) is 0 Å². The van der Waals surface area contributed by atoms with Gasteiger partial charge in [-0.05, 0) is 51.0 Å². The maximum Gasteiger partial charge on any atom is 0.253 e. The van der Waals surface area contributed by atoms with Crippen molar-refractivity contribution in [1.29, 1.82) is 0 Å². The molecule has 29 heavy (non-hydrogen) atoms. The molecule has 2 heterocycles. The molecule has 0 aliphatic carbocycles. The van der Waals surface area contributed by atoms with Crippen LogP contribution in [0.1, 0.15) is 47.5 Å². The summed E-state index contributed by atoms with van der Waals surface area (Å²) in [6.45, 7) is 5.91. The summed E-state index contributed by atoms with van der Waals surface area (Å²) in [4.78, 5) is 19.4. The molecule has 150 valence electrons. The second kappa shape index (κ2) is 8.47. The van der Waals surface area contributed by atoms with E-state index in [1.165, 1.54) is 5.56 Å². The quantitative estimate of drug-likeness (QED) is 0.642. The molecule has 1 aromatic heterocycles. The molecule has 0 unspecified atom stereocenters. The van der Waals surface area contributed by atoms with Crippen LogP contribution >= 0.6 is 0 Å². The first kappa shape index (κ1) is 19.2. The van der Waals surface area contributed by atoms with Gasteiger partial charge in [-0.3, -0.25) is 4.79 Å². The lowest BCUT2D eigenvalue weighted by Crippen LogP contribution is -2.39. The van der Waals surface area contributed by atoms with Crippen LogP contribution in [0.15, 0.2) is 53.1 Å². The first-order valence-electron chi connectivity index (χ1n) is 10.1. The first-order valence-corrected chi connectivity index (χ1v) is 10.1. The summed E-state index contributed by atoms with van der Waals surface area (Å²) in [6, 6.07) is 15.4. The second-order valence-electron chi connectivity index (χ2n) is 7.37. The third kappa shape index (κ3) is 4.31. The van der Waals surface area contributed by atoms with Crippen molar-refractivity contribution in [3.8, 4) is 17.1 Å². The van der Waals surface area contributed by atoms with Crippen molar-refractivity contribution in [2.75, 3.05) is 19.7 Å². The summed E-state index contributed by atoms with van der Waals surface area (Å²) in [6.07, 6.45) is 1.85. The zero-order valence-electron chi connectivity index (χ0n) is 16.8. The van der Waals surface area contributed by atoms with Gasteiger partial charge in [-0.25, -0.2) is 0 Å². The Morgan fingerprint density at radius 2 is 1.93 bits per heavy atom. The Morgan fingerprint density at radius 3 is 2.66 bits per heavy atom. The first-order chi connectivity index (χ1) is 14.1. The standard InChI is InChI=1S/C23H25N3O3/c1-3-28-20-12-10-18(11-13-20)23(27)26-14-4-5-19(15-26)22-24-21(25-29-22)17-8-6-16(2)7-9-17/h6-13,19H,3-5,14-15H2,1-2H3/t19-/m1/s1. The van der Waals surface area contributed by atoms with E-state index in [1.807, 2.05) is 67.3 Å². The molecule has 0 bridgehead atoms. The fourth-order valence-electron chi connectivity index (χ4n) is 3.63. The van der Waals surface area contributed by atoms with Crippen LogP contribution in [0.4, 0.5) is 0 Å². The number of rotatable bonds is 5. The van der Waals surface area contributed by atoms with Gasteiger partial charge in [0.2, 0.25) is 11.7 Å². The van der Waals surface area contributed by atoms with E-state index in [2.05, 4.69) is 10.1 Å². The highest BCUT2D eigenvalue weighted by Crippen LogP contribution is 2.28. The molecule has 0 spiro atoms. The van der Waals surface area contributed by atoms with Crippen LogP contribution in [-0.4, -0.2) is 40.6 Å². The summed E-state index contributed by atoms with van der Waals surface area (Å²) in [7, 11) is 0. The Morgan fingerprint density at radius 1 is 1.17 bits per heavy atom. The predicted octanol–water partition coefficient (Wildman–Crippen LogP) is 4.46. The number of carbonyl (C=O) groups excluding carboxylic acids is 1. The van der Waals surface area contributed by atoms with Gasteiger partial charge in [-0.2, -0.15) is 4.98 Å². The Hall–Kier alpha value is -3.15. The highest BCUT2D eigenvalue weighted by atomic mass is 16.5. The predicted molar refractivity (Wildman–Crippen MR) is 110 cm³/mol. The van der Waals surface area contributed by atoms with E-state index in [-0.39, 0.29) is 11.8 Å². The SMILES string of the molecule is CCOc1ccc(C(=O)N2CCC[C@@H](c3nc(-c4ccc(C)cc4)no3)C2)cc1. The third-order valence-electron chi connectivity index (χ3n) is 5.22. The summed E-state index contributed by atoms with van der Waals surface area (Å²) in [5.41, 5.74) is 2.79. The molecule has 1 amide bonds. The Bertz CT molecular complexity index is 964. The smallest absolute Gasteiger partial charge is 0.253 e. The number of carbonyl (C=O) groups is 1. The van der Waals surface area contributed by atoms with Crippen molar-refractivity contribution in [1.82, 2.24) is 15.0 Å². The molecule has 1 aliphatic rings. The fourth-order valence-corrected chi connectivity index (χ4v) is 3.63. The molecule has 6 heteroatoms. The van der Waals surface area contributed by atoms with E-state index < -0.39 is 0 Å². The van der Waals surface area contributed by atoms with Crippen LogP contribution in [-0.2, 0) is 0 Å². The number of benzene rings is 2. The topological polar surface area (TPSA) is 68.5 Å². The lowest BCUT2D eigenvalue weighted by molar-refractivity contribution is 0.0695. The van der Waals surface area contributed by atoms with Crippen LogP contribution in [0, 0.1) is 6.92 Å². The summed E-state index contributed by atoms with van der Waals surface area (Å²) < 4.78 is 11.0. The van der Waals surface area contributed by atoms with Crippen LogP contribution < -0.4 is 4.74 Å². The number of piperidine rings is 1. The molecule has 6 nitrogen and oxygen atoms in total. The largest absolute Gasteiger partial charge is 0.494 e. The molecule has 0 saturated carbocycles. The molecule has 4 rings (SSSR count). The minimum absolute atomic E-state index is 0.0241. The van der Waals surface area contributed by atoms with E-state index in [0.29, 0.717) is 30.4 Å². The number of nitrogens with zero attached hydrogens (tertiary/aromatic N) is 3. The minimum Gasteiger partial charge on any atom is -0.494 e. The summed E-state index contributed by atoms with van der Waals surface area (Å²) >= 11 is 0. The van der Waals surface area contributed by atoms with Gasteiger partial charge in [0.25, 0.3) is 5.91 Å². The van der Waals surface area contributed by atoms with Crippen LogP contribution in [0.25, 0.3) is 11.4 Å². The van der Waals surface area contributed by atoms with Crippen molar-refractivity contribution in [3.05, 3.63) is 65.5 Å². The fraction of sp³-hybridized carbons (Fsp3) is 0.348. The number of hydrogen-bond acceptors (Lipinski definition) is 5. The van der Waals surface area contributed by atoms with Crippen molar-refractivity contribution in [3.63, 3.8) is 0 Å². The molecule has 1 fully saturated rings. The van der Waals surface area contributed by atoms with Crippen molar-refractivity contribution in [2.45, 2.75) is 32.6 Å². The number of ether oxygens (including phenoxy) is 1. The van der Waals surface area contributed by atoms with Gasteiger partial charge in [-0.15, -0.1) is 0 Å². The molecule has 0 radical (unpaired) electrons. The molecular weight excluding hydrogens is 366 g/mol. The van der Waals surface area contributed by atoms with Crippen LogP contribution in [0.2, 0.25) is 0 Å². The van der Waals surface area contributed by atoms with E-state index >= 15 is 0 Å². The van der Waals surface area contributed by atoms with Crippen LogP contribution in [0.5, 0.6) is 5.75 Å². The number of amides is 1. The van der Waals surface area contributed by atoms with Crippen molar-refractivity contribution >= 4 is 5.91 Å². The Labute approximate surface area is 170 Å². The molecule has 0 N–H and O–H groups in total. The van der Waals surface area contributed by atoms with Gasteiger partial charge < -0.3 is 14.2 Å². The number of aryl methyl sites for hydroxylation is 1. The van der Waals surface area contributed by atoms with Gasteiger partial charge in [0.05, 0.1) is 12.5 Å². The molecule has 1 aliphatic heterocycles. The Kier molecular flexibility index (Phi) is 5.60. The lowest BCUT2D eigenvalue weighted by atomic mass is 9.97. The number of likely N-dealkylation sites (tertiary alicyclic amines) is 1. The molecule has 2 aromatic carbocycles. The highest BCUT2D eigenvalue weighted by molar-refractivity contribution is 5.94. The van der Waals surface area contributed by atoms with E-state index in [0.717, 1.165) is 30.7 Å². The minimum atomic E-state index is 0.0241. The van der Waals surface area contributed by atoms with Gasteiger partial charge >= 0.3 is 0 Å². The van der Waals surface area contributed by atoms with Crippen LogP contribution in [0.3, 0.4) is 0 Å². The normalized spacial score (nSPS) is 16.6. The Balaban J connectivity index is 1.45. The van der Waals surface area contributed by atoms with Gasteiger partial charge in [-0.1, -0.05) is 35.0 Å². The van der Waals surface area contributed by atoms with E-state index in [4.69, 9.17) is 9.26 Å². The average Bonchev–Trinajstić information content (AvgIpc) is 3.25. The zero-order chi connectivity index (χ0) is 20.2. The summed E-state index contributed by atoms with van der Waals surface area (Å²) in [5, 5.41) is 4.14.